The minimum absolute atomic E-state index is 0.000809. The van der Waals surface area contributed by atoms with Crippen LogP contribution >= 0.6 is 0 Å². The van der Waals surface area contributed by atoms with E-state index in [2.05, 4.69) is 76.2 Å². The molecule has 0 unspecified atom stereocenters. The van der Waals surface area contributed by atoms with Gasteiger partial charge in [0, 0.05) is 41.9 Å². The first-order valence-corrected chi connectivity index (χ1v) is 19.5. The fraction of sp³-hybridized carbons (Fsp3) is 0.452. The van der Waals surface area contributed by atoms with Crippen LogP contribution in [0.5, 0.6) is 5.75 Å². The number of rotatable bonds is 15. The van der Waals surface area contributed by atoms with Crippen molar-refractivity contribution in [1.82, 2.24) is 0 Å². The molecule has 4 rings (SSSR count). The van der Waals surface area contributed by atoms with Crippen molar-refractivity contribution in [3.63, 3.8) is 0 Å². The predicted molar refractivity (Wildman–Crippen MR) is 202 cm³/mol. The molecule has 5 atom stereocenters. The molecule has 0 aliphatic rings. The minimum Gasteiger partial charge on any atom is -0.497 e. The molecular weight excluding hydrogens is 629 g/mol. The summed E-state index contributed by atoms with van der Waals surface area (Å²) in [6.07, 6.45) is -0.598. The Morgan fingerprint density at radius 3 is 1.88 bits per heavy atom. The molecule has 264 valence electrons. The Balaban J connectivity index is 1.67. The average Bonchev–Trinajstić information content (AvgIpc) is 3.11. The maximum Gasteiger partial charge on any atom is 0.261 e. The molecule has 0 bridgehead atoms. The summed E-state index contributed by atoms with van der Waals surface area (Å²) in [6, 6.07) is 28.9. The van der Waals surface area contributed by atoms with E-state index in [0.29, 0.717) is 42.3 Å². The molecule has 0 spiro atoms. The second-order valence-corrected chi connectivity index (χ2v) is 18.8. The van der Waals surface area contributed by atoms with Crippen LogP contribution in [0.15, 0.2) is 94.1 Å². The van der Waals surface area contributed by atoms with Crippen molar-refractivity contribution in [2.45, 2.75) is 98.5 Å². The number of benzene rings is 3. The molecule has 0 saturated heterocycles. The van der Waals surface area contributed by atoms with E-state index in [1.807, 2.05) is 71.0 Å². The summed E-state index contributed by atoms with van der Waals surface area (Å²) < 4.78 is 25.7. The zero-order valence-corrected chi connectivity index (χ0v) is 32.1. The number of hydrogen-bond acceptors (Lipinski definition) is 6. The highest BCUT2D eigenvalue weighted by Gasteiger charge is 2.50. The normalized spacial score (nSPS) is 15.3. The summed E-state index contributed by atoms with van der Waals surface area (Å²) in [5.74, 6) is 1.24. The van der Waals surface area contributed by atoms with Crippen LogP contribution in [0.2, 0.25) is 5.04 Å². The molecule has 6 nitrogen and oxygen atoms in total. The van der Waals surface area contributed by atoms with Crippen LogP contribution in [0, 0.1) is 25.7 Å². The lowest BCUT2D eigenvalue weighted by Crippen LogP contribution is -2.67. The smallest absolute Gasteiger partial charge is 0.261 e. The van der Waals surface area contributed by atoms with E-state index in [-0.39, 0.29) is 28.2 Å². The van der Waals surface area contributed by atoms with Gasteiger partial charge >= 0.3 is 0 Å². The summed E-state index contributed by atoms with van der Waals surface area (Å²) >= 11 is 0. The van der Waals surface area contributed by atoms with E-state index in [4.69, 9.17) is 18.3 Å². The summed E-state index contributed by atoms with van der Waals surface area (Å²) in [6.45, 7) is 19.2. The van der Waals surface area contributed by atoms with Crippen LogP contribution in [0.1, 0.15) is 82.6 Å². The van der Waals surface area contributed by atoms with Gasteiger partial charge in [-0.3, -0.25) is 4.79 Å². The van der Waals surface area contributed by atoms with Crippen LogP contribution in [-0.2, 0) is 22.2 Å². The van der Waals surface area contributed by atoms with Crippen molar-refractivity contribution in [1.29, 1.82) is 0 Å². The summed E-state index contributed by atoms with van der Waals surface area (Å²) in [4.78, 5) is 13.3. The topological polar surface area (TPSA) is 78.1 Å². The monoisotopic (exact) mass is 684 g/mol. The minimum atomic E-state index is -2.79. The van der Waals surface area contributed by atoms with E-state index < -0.39 is 20.5 Å². The molecule has 0 aliphatic carbocycles. The van der Waals surface area contributed by atoms with E-state index in [0.717, 1.165) is 11.3 Å². The Bertz CT molecular complexity index is 1640. The van der Waals surface area contributed by atoms with Crippen LogP contribution in [0.3, 0.4) is 0 Å². The van der Waals surface area contributed by atoms with Crippen molar-refractivity contribution in [2.24, 2.45) is 11.8 Å². The highest BCUT2D eigenvalue weighted by atomic mass is 28.4. The third kappa shape index (κ3) is 8.29. The van der Waals surface area contributed by atoms with Gasteiger partial charge < -0.3 is 23.4 Å². The molecule has 49 heavy (non-hydrogen) atoms. The lowest BCUT2D eigenvalue weighted by atomic mass is 9.82. The van der Waals surface area contributed by atoms with Crippen molar-refractivity contribution in [3.05, 3.63) is 123 Å². The fourth-order valence-electron chi connectivity index (χ4n) is 7.22. The number of hydrogen-bond donors (Lipinski definition) is 1. The number of aliphatic hydroxyl groups excluding tert-OH is 1. The van der Waals surface area contributed by atoms with E-state index in [9.17, 15) is 9.90 Å². The maximum absolute atomic E-state index is 13.3. The van der Waals surface area contributed by atoms with Gasteiger partial charge in [-0.2, -0.15) is 0 Å². The molecule has 1 aromatic heterocycles. The molecule has 0 amide bonds. The molecule has 4 aromatic rings. The Morgan fingerprint density at radius 1 is 0.837 bits per heavy atom. The summed E-state index contributed by atoms with van der Waals surface area (Å²) in [5, 5.41) is 14.3. The highest BCUT2D eigenvalue weighted by Crippen LogP contribution is 2.38. The third-order valence-corrected chi connectivity index (χ3v) is 15.2. The van der Waals surface area contributed by atoms with E-state index in [1.54, 1.807) is 7.11 Å². The molecular formula is C42H56O6Si. The molecule has 1 N–H and O–H groups in total. The van der Waals surface area contributed by atoms with Crippen molar-refractivity contribution < 1.29 is 23.4 Å². The van der Waals surface area contributed by atoms with Gasteiger partial charge in [-0.25, -0.2) is 0 Å². The molecule has 3 aromatic carbocycles. The standard InChI is InChI=1S/C42H56O6Si/c1-11-37-29(3)39(44)31(5)41(48-37)32(6)40(46-27-33-22-24-34(45-10)25-23-33)30(4)38(43)28(2)26-47-49(42(7,8)9,35-18-14-12-15-19-35)36-20-16-13-17-21-36/h12-25,28,30,32,38,40,43H,11,26-27H2,1-10H3/t28-,30+,32-,38-,40-/m0/s1. The average molecular weight is 685 g/mol. The van der Waals surface area contributed by atoms with Crippen molar-refractivity contribution in [2.75, 3.05) is 13.7 Å². The second kappa shape index (κ2) is 16.5. The lowest BCUT2D eigenvalue weighted by molar-refractivity contribution is -0.0706. The Labute approximate surface area is 294 Å². The Hall–Kier alpha value is -3.49. The van der Waals surface area contributed by atoms with Gasteiger partial charge in [0.05, 0.1) is 25.9 Å². The van der Waals surface area contributed by atoms with Gasteiger partial charge in [0.2, 0.25) is 0 Å². The number of aryl methyl sites for hydroxylation is 1. The van der Waals surface area contributed by atoms with E-state index >= 15 is 0 Å². The van der Waals surface area contributed by atoms with Gasteiger partial charge in [-0.05, 0) is 47.0 Å². The van der Waals surface area contributed by atoms with Gasteiger partial charge in [0.25, 0.3) is 8.32 Å². The summed E-state index contributed by atoms with van der Waals surface area (Å²) in [7, 11) is -1.15. The second-order valence-electron chi connectivity index (χ2n) is 14.5. The van der Waals surface area contributed by atoms with Crippen LogP contribution in [0.25, 0.3) is 0 Å². The quantitative estimate of drug-likeness (QED) is 0.129. The summed E-state index contributed by atoms with van der Waals surface area (Å²) in [5.41, 5.74) is 2.22. The van der Waals surface area contributed by atoms with Gasteiger partial charge in [0.15, 0.2) is 5.43 Å². The van der Waals surface area contributed by atoms with Crippen LogP contribution in [-0.4, -0.2) is 39.3 Å². The Morgan fingerprint density at radius 2 is 1.39 bits per heavy atom. The van der Waals surface area contributed by atoms with Crippen LogP contribution in [0.4, 0.5) is 0 Å². The SMILES string of the molecule is CCc1oc([C@@H](C)[C@@H](OCc2ccc(OC)cc2)[C@H](C)[C@@H](O)[C@@H](C)CO[Si](c2ccccc2)(c2ccccc2)C(C)(C)C)c(C)c(=O)c1C. The first-order chi connectivity index (χ1) is 23.3. The fourth-order valence-corrected chi connectivity index (χ4v) is 11.9. The number of ether oxygens (including phenoxy) is 2. The van der Waals surface area contributed by atoms with Crippen molar-refractivity contribution >= 4 is 18.7 Å². The number of aliphatic hydroxyl groups is 1. The maximum atomic E-state index is 13.3. The highest BCUT2D eigenvalue weighted by molar-refractivity contribution is 6.99. The lowest BCUT2D eigenvalue weighted by Gasteiger charge is -2.44. The largest absolute Gasteiger partial charge is 0.497 e. The molecule has 0 radical (unpaired) electrons. The molecule has 0 saturated carbocycles. The first-order valence-electron chi connectivity index (χ1n) is 17.6. The third-order valence-electron chi connectivity index (χ3n) is 10.2. The molecule has 0 aliphatic heterocycles. The van der Waals surface area contributed by atoms with Gasteiger partial charge in [-0.15, -0.1) is 0 Å². The molecule has 7 heteroatoms. The Kier molecular flexibility index (Phi) is 12.9. The zero-order valence-electron chi connectivity index (χ0n) is 31.1. The van der Waals surface area contributed by atoms with Crippen molar-refractivity contribution in [3.8, 4) is 5.75 Å². The number of methoxy groups -OCH3 is 1. The van der Waals surface area contributed by atoms with Gasteiger partial charge in [-0.1, -0.05) is 121 Å². The van der Waals surface area contributed by atoms with Crippen LogP contribution < -0.4 is 20.5 Å². The zero-order chi connectivity index (χ0) is 35.9. The molecule has 0 fully saturated rings. The predicted octanol–water partition coefficient (Wildman–Crippen LogP) is 7.73. The van der Waals surface area contributed by atoms with Gasteiger partial charge in [0.1, 0.15) is 17.3 Å². The van der Waals surface area contributed by atoms with E-state index in [1.165, 1.54) is 10.4 Å². The molecule has 1 heterocycles. The first kappa shape index (κ1) is 38.3.